The summed E-state index contributed by atoms with van der Waals surface area (Å²) >= 11 is 0. The summed E-state index contributed by atoms with van der Waals surface area (Å²) in [6, 6.07) is 14.7. The summed E-state index contributed by atoms with van der Waals surface area (Å²) < 4.78 is 5.41. The van der Waals surface area contributed by atoms with Crippen LogP contribution in [0.3, 0.4) is 0 Å². The fraction of sp³-hybridized carbons (Fsp3) is 0.429. The summed E-state index contributed by atoms with van der Waals surface area (Å²) in [5, 5.41) is 21.0. The SMILES string of the molecule is C[C@@H](O)[C@H](NC(=O)N1CCN(c2ccc(C#Cc3ccc(CN4CCOCC4)cc3)cc2)CC1)C(=O)NO. The van der Waals surface area contributed by atoms with Gasteiger partial charge < -0.3 is 25.0 Å². The monoisotopic (exact) mass is 521 g/mol. The number of benzene rings is 2. The molecule has 4 N–H and O–H groups in total. The summed E-state index contributed by atoms with van der Waals surface area (Å²) in [5.74, 6) is 5.60. The molecule has 0 radical (unpaired) electrons. The third kappa shape index (κ3) is 7.46. The van der Waals surface area contributed by atoms with Gasteiger partial charge in [0.2, 0.25) is 0 Å². The van der Waals surface area contributed by atoms with E-state index in [9.17, 15) is 14.7 Å². The fourth-order valence-corrected chi connectivity index (χ4v) is 4.48. The second-order valence-electron chi connectivity index (χ2n) is 9.50. The number of aliphatic hydroxyl groups is 1. The first-order valence-electron chi connectivity index (χ1n) is 12.9. The number of hydrogen-bond acceptors (Lipinski definition) is 7. The molecule has 10 nitrogen and oxygen atoms in total. The number of carbonyl (C=O) groups is 2. The molecule has 0 bridgehead atoms. The smallest absolute Gasteiger partial charge is 0.318 e. The van der Waals surface area contributed by atoms with Crippen LogP contribution in [-0.2, 0) is 16.1 Å². The Kier molecular flexibility index (Phi) is 9.56. The van der Waals surface area contributed by atoms with Crippen molar-refractivity contribution >= 4 is 17.6 Å². The average molecular weight is 522 g/mol. The minimum atomic E-state index is -1.23. The van der Waals surface area contributed by atoms with Crippen LogP contribution in [0.15, 0.2) is 48.5 Å². The van der Waals surface area contributed by atoms with Crippen molar-refractivity contribution in [3.63, 3.8) is 0 Å². The van der Waals surface area contributed by atoms with E-state index in [2.05, 4.69) is 51.2 Å². The highest BCUT2D eigenvalue weighted by molar-refractivity contribution is 5.87. The van der Waals surface area contributed by atoms with Gasteiger partial charge in [0.25, 0.3) is 5.91 Å². The molecule has 0 unspecified atom stereocenters. The first-order valence-corrected chi connectivity index (χ1v) is 12.9. The number of aliphatic hydroxyl groups excluding tert-OH is 1. The lowest BCUT2D eigenvalue weighted by atomic mass is 10.1. The Morgan fingerprint density at radius 3 is 2.05 bits per heavy atom. The minimum Gasteiger partial charge on any atom is -0.391 e. The average Bonchev–Trinajstić information content (AvgIpc) is 2.96. The van der Waals surface area contributed by atoms with Crippen LogP contribution in [0, 0.1) is 11.8 Å². The van der Waals surface area contributed by atoms with Crippen molar-refractivity contribution in [1.82, 2.24) is 20.6 Å². The van der Waals surface area contributed by atoms with Crippen LogP contribution in [0.5, 0.6) is 0 Å². The standard InChI is InChI=1S/C28H35N5O5/c1-21(34)26(27(35)30-37)29-28(36)33-14-12-32(13-15-33)25-10-8-23(9-11-25)3-2-22-4-6-24(7-5-22)20-31-16-18-38-19-17-31/h4-11,21,26,34,37H,12-20H2,1H3,(H,29,36)(H,30,35)/t21-,26+/m1/s1. The van der Waals surface area contributed by atoms with Gasteiger partial charge in [-0.25, -0.2) is 10.3 Å². The van der Waals surface area contributed by atoms with E-state index in [1.165, 1.54) is 18.0 Å². The van der Waals surface area contributed by atoms with Gasteiger partial charge in [0.05, 0.1) is 19.3 Å². The molecule has 38 heavy (non-hydrogen) atoms. The number of nitrogens with one attached hydrogen (secondary N) is 2. The molecule has 2 atom stereocenters. The topological polar surface area (TPSA) is 118 Å². The summed E-state index contributed by atoms with van der Waals surface area (Å²) in [6.07, 6.45) is -1.14. The Bertz CT molecular complexity index is 1130. The highest BCUT2D eigenvalue weighted by atomic mass is 16.5. The van der Waals surface area contributed by atoms with E-state index in [1.807, 2.05) is 24.3 Å². The molecule has 2 saturated heterocycles. The van der Waals surface area contributed by atoms with Gasteiger partial charge in [0.1, 0.15) is 6.04 Å². The van der Waals surface area contributed by atoms with Crippen molar-refractivity contribution in [1.29, 1.82) is 0 Å². The van der Waals surface area contributed by atoms with Gasteiger partial charge in [-0.15, -0.1) is 0 Å². The predicted octanol–water partition coefficient (Wildman–Crippen LogP) is 1.01. The van der Waals surface area contributed by atoms with Crippen LogP contribution < -0.4 is 15.7 Å². The zero-order valence-electron chi connectivity index (χ0n) is 21.6. The Morgan fingerprint density at radius 1 is 0.921 bits per heavy atom. The molecule has 10 heteroatoms. The number of nitrogens with zero attached hydrogens (tertiary/aromatic N) is 3. The number of morpholine rings is 1. The van der Waals surface area contributed by atoms with Gasteiger partial charge in [-0.2, -0.15) is 0 Å². The number of carbonyl (C=O) groups excluding carboxylic acids is 2. The van der Waals surface area contributed by atoms with Gasteiger partial charge >= 0.3 is 6.03 Å². The molecule has 0 aromatic heterocycles. The Balaban J connectivity index is 1.26. The van der Waals surface area contributed by atoms with Crippen molar-refractivity contribution < 1.29 is 24.6 Å². The molecule has 3 amide bonds. The molecule has 202 valence electrons. The van der Waals surface area contributed by atoms with E-state index in [4.69, 9.17) is 9.94 Å². The first-order chi connectivity index (χ1) is 18.4. The zero-order valence-corrected chi connectivity index (χ0v) is 21.6. The van der Waals surface area contributed by atoms with Gasteiger partial charge in [-0.3, -0.25) is 14.9 Å². The van der Waals surface area contributed by atoms with Gasteiger partial charge in [0, 0.05) is 62.6 Å². The third-order valence-electron chi connectivity index (χ3n) is 6.77. The largest absolute Gasteiger partial charge is 0.391 e. The highest BCUT2D eigenvalue weighted by Crippen LogP contribution is 2.18. The molecule has 0 saturated carbocycles. The number of ether oxygens (including phenoxy) is 1. The van der Waals surface area contributed by atoms with E-state index in [0.717, 1.165) is 49.7 Å². The summed E-state index contributed by atoms with van der Waals surface area (Å²) in [7, 11) is 0. The van der Waals surface area contributed by atoms with Gasteiger partial charge in [-0.05, 0) is 48.9 Å². The van der Waals surface area contributed by atoms with Crippen molar-refractivity contribution in [2.24, 2.45) is 0 Å². The lowest BCUT2D eigenvalue weighted by molar-refractivity contribution is -0.133. The van der Waals surface area contributed by atoms with Crippen LogP contribution in [0.1, 0.15) is 23.6 Å². The number of hydrogen-bond donors (Lipinski definition) is 4. The molecule has 4 rings (SSSR count). The zero-order chi connectivity index (χ0) is 26.9. The minimum absolute atomic E-state index is 0.459. The van der Waals surface area contributed by atoms with E-state index in [0.29, 0.717) is 26.2 Å². The second-order valence-corrected chi connectivity index (χ2v) is 9.50. The normalized spacial score (nSPS) is 17.7. The number of piperazine rings is 1. The Labute approximate surface area is 223 Å². The maximum absolute atomic E-state index is 12.5. The van der Waals surface area contributed by atoms with Crippen LogP contribution in [0.4, 0.5) is 10.5 Å². The molecule has 2 fully saturated rings. The van der Waals surface area contributed by atoms with Crippen LogP contribution in [0.25, 0.3) is 0 Å². The van der Waals surface area contributed by atoms with E-state index in [1.54, 1.807) is 4.90 Å². The fourth-order valence-electron chi connectivity index (χ4n) is 4.48. The molecule has 2 aliphatic rings. The van der Waals surface area contributed by atoms with Crippen molar-refractivity contribution in [2.75, 3.05) is 57.4 Å². The number of amides is 3. The third-order valence-corrected chi connectivity index (χ3v) is 6.77. The number of rotatable bonds is 6. The maximum atomic E-state index is 12.5. The van der Waals surface area contributed by atoms with Crippen molar-refractivity contribution in [2.45, 2.75) is 25.6 Å². The van der Waals surface area contributed by atoms with Crippen LogP contribution >= 0.6 is 0 Å². The lowest BCUT2D eigenvalue weighted by Gasteiger charge is -2.36. The van der Waals surface area contributed by atoms with Gasteiger partial charge in [0.15, 0.2) is 0 Å². The molecule has 2 heterocycles. The van der Waals surface area contributed by atoms with Gasteiger partial charge in [-0.1, -0.05) is 24.0 Å². The quantitative estimate of drug-likeness (QED) is 0.255. The molecular weight excluding hydrogens is 486 g/mol. The van der Waals surface area contributed by atoms with E-state index >= 15 is 0 Å². The Hall–Kier alpha value is -3.62. The van der Waals surface area contributed by atoms with Crippen LogP contribution in [0.2, 0.25) is 0 Å². The number of hydroxylamine groups is 1. The van der Waals surface area contributed by atoms with Crippen LogP contribution in [-0.4, -0.2) is 96.7 Å². The highest BCUT2D eigenvalue weighted by Gasteiger charge is 2.29. The molecular formula is C28H35N5O5. The summed E-state index contributed by atoms with van der Waals surface area (Å²) in [4.78, 5) is 30.3. The lowest BCUT2D eigenvalue weighted by Crippen LogP contribution is -2.58. The Morgan fingerprint density at radius 2 is 1.50 bits per heavy atom. The van der Waals surface area contributed by atoms with E-state index < -0.39 is 24.1 Å². The summed E-state index contributed by atoms with van der Waals surface area (Å²) in [5.41, 5.74) is 5.69. The molecule has 2 aromatic carbocycles. The second kappa shape index (κ2) is 13.3. The molecule has 2 aromatic rings. The molecule has 0 spiro atoms. The maximum Gasteiger partial charge on any atom is 0.318 e. The summed E-state index contributed by atoms with van der Waals surface area (Å²) in [6.45, 7) is 8.02. The predicted molar refractivity (Wildman–Crippen MR) is 143 cm³/mol. The number of anilines is 1. The molecule has 2 aliphatic heterocycles. The van der Waals surface area contributed by atoms with Crippen molar-refractivity contribution in [3.8, 4) is 11.8 Å². The van der Waals surface area contributed by atoms with Crippen molar-refractivity contribution in [3.05, 3.63) is 65.2 Å². The van der Waals surface area contributed by atoms with E-state index in [-0.39, 0.29) is 0 Å². The molecule has 0 aliphatic carbocycles. The first kappa shape index (κ1) is 27.4. The number of urea groups is 1.